The van der Waals surface area contributed by atoms with Gasteiger partial charge in [0.25, 0.3) is 0 Å². The van der Waals surface area contributed by atoms with E-state index in [1.54, 1.807) is 24.3 Å². The lowest BCUT2D eigenvalue weighted by Gasteiger charge is -2.26. The molecule has 160 valence electrons. The SMILES string of the molecule is CN([C@@H](C(=O)NCc1ccccc1CN1CCCC1=O)c1ccccc1)S(C)(=O)=O. The van der Waals surface area contributed by atoms with Crippen LogP contribution in [0.2, 0.25) is 0 Å². The van der Waals surface area contributed by atoms with Gasteiger partial charge in [-0.3, -0.25) is 9.59 Å². The number of nitrogens with zero attached hydrogens (tertiary/aromatic N) is 2. The first-order valence-electron chi connectivity index (χ1n) is 9.87. The Labute approximate surface area is 177 Å². The Balaban J connectivity index is 1.77. The molecule has 0 radical (unpaired) electrons. The van der Waals surface area contributed by atoms with Crippen molar-refractivity contribution in [2.45, 2.75) is 32.0 Å². The van der Waals surface area contributed by atoms with Crippen LogP contribution in [-0.4, -0.2) is 49.3 Å². The van der Waals surface area contributed by atoms with E-state index in [-0.39, 0.29) is 12.5 Å². The van der Waals surface area contributed by atoms with Crippen LogP contribution >= 0.6 is 0 Å². The Bertz CT molecular complexity index is 1010. The Kier molecular flexibility index (Phi) is 6.89. The summed E-state index contributed by atoms with van der Waals surface area (Å²) >= 11 is 0. The zero-order valence-electron chi connectivity index (χ0n) is 17.2. The molecule has 1 fully saturated rings. The van der Waals surface area contributed by atoms with Gasteiger partial charge in [0.1, 0.15) is 6.04 Å². The molecule has 30 heavy (non-hydrogen) atoms. The van der Waals surface area contributed by atoms with E-state index >= 15 is 0 Å². The average molecular weight is 430 g/mol. The van der Waals surface area contributed by atoms with Crippen LogP contribution in [-0.2, 0) is 32.7 Å². The summed E-state index contributed by atoms with van der Waals surface area (Å²) in [4.78, 5) is 26.8. The molecule has 1 atom stereocenters. The number of benzene rings is 2. The summed E-state index contributed by atoms with van der Waals surface area (Å²) in [5.74, 6) is -0.256. The monoisotopic (exact) mass is 429 g/mol. The zero-order chi connectivity index (χ0) is 21.7. The second-order valence-corrected chi connectivity index (χ2v) is 9.54. The van der Waals surface area contributed by atoms with Crippen molar-refractivity contribution < 1.29 is 18.0 Å². The van der Waals surface area contributed by atoms with E-state index in [1.807, 2.05) is 35.2 Å². The summed E-state index contributed by atoms with van der Waals surface area (Å²) < 4.78 is 25.3. The van der Waals surface area contributed by atoms with Crippen molar-refractivity contribution in [2.24, 2.45) is 0 Å². The number of nitrogens with one attached hydrogen (secondary N) is 1. The van der Waals surface area contributed by atoms with Gasteiger partial charge in [-0.05, 0) is 23.1 Å². The fourth-order valence-electron chi connectivity index (χ4n) is 3.59. The molecule has 0 unspecified atom stereocenters. The van der Waals surface area contributed by atoms with Crippen LogP contribution in [0.4, 0.5) is 0 Å². The number of likely N-dealkylation sites (N-methyl/N-ethyl adjacent to an activating group) is 1. The minimum Gasteiger partial charge on any atom is -0.350 e. The molecule has 1 aliphatic rings. The normalized spacial score (nSPS) is 15.4. The van der Waals surface area contributed by atoms with Crippen LogP contribution in [0.25, 0.3) is 0 Å². The molecule has 2 amide bonds. The third-order valence-electron chi connectivity index (χ3n) is 5.35. The fraction of sp³-hybridized carbons (Fsp3) is 0.364. The maximum absolute atomic E-state index is 13.0. The number of sulfonamides is 1. The number of likely N-dealkylation sites (tertiary alicyclic amines) is 1. The van der Waals surface area contributed by atoms with Crippen molar-refractivity contribution in [1.29, 1.82) is 0 Å². The lowest BCUT2D eigenvalue weighted by molar-refractivity contribution is -0.128. The molecule has 0 spiro atoms. The minimum absolute atomic E-state index is 0.146. The molecule has 7 nitrogen and oxygen atoms in total. The molecular weight excluding hydrogens is 402 g/mol. The van der Waals surface area contributed by atoms with Crippen molar-refractivity contribution in [3.8, 4) is 0 Å². The van der Waals surface area contributed by atoms with Crippen molar-refractivity contribution in [1.82, 2.24) is 14.5 Å². The Hall–Kier alpha value is -2.71. The molecule has 3 rings (SSSR count). The lowest BCUT2D eigenvalue weighted by Crippen LogP contribution is -2.41. The van der Waals surface area contributed by atoms with Gasteiger partial charge in [-0.2, -0.15) is 4.31 Å². The van der Waals surface area contributed by atoms with Crippen LogP contribution in [0.1, 0.15) is 35.6 Å². The van der Waals surface area contributed by atoms with Crippen molar-refractivity contribution in [3.05, 3.63) is 71.3 Å². The van der Waals surface area contributed by atoms with Crippen LogP contribution in [0.5, 0.6) is 0 Å². The molecule has 0 saturated carbocycles. The smallest absolute Gasteiger partial charge is 0.243 e. The van der Waals surface area contributed by atoms with Gasteiger partial charge in [-0.1, -0.05) is 54.6 Å². The first kappa shape index (κ1) is 22.0. The first-order chi connectivity index (χ1) is 14.3. The van der Waals surface area contributed by atoms with E-state index in [4.69, 9.17) is 0 Å². The van der Waals surface area contributed by atoms with Gasteiger partial charge in [-0.25, -0.2) is 8.42 Å². The molecule has 2 aromatic carbocycles. The molecule has 0 aromatic heterocycles. The highest BCUT2D eigenvalue weighted by Crippen LogP contribution is 2.23. The summed E-state index contributed by atoms with van der Waals surface area (Å²) in [6, 6.07) is 15.5. The van der Waals surface area contributed by atoms with Crippen LogP contribution < -0.4 is 5.32 Å². The molecule has 1 heterocycles. The number of carbonyl (C=O) groups excluding carboxylic acids is 2. The number of hydrogen-bond donors (Lipinski definition) is 1. The van der Waals surface area contributed by atoms with Gasteiger partial charge in [0.2, 0.25) is 21.8 Å². The van der Waals surface area contributed by atoms with E-state index < -0.39 is 22.0 Å². The first-order valence-corrected chi connectivity index (χ1v) is 11.7. The second-order valence-electron chi connectivity index (χ2n) is 7.50. The molecule has 1 aliphatic heterocycles. The van der Waals surface area contributed by atoms with E-state index in [1.165, 1.54) is 7.05 Å². The standard InChI is InChI=1S/C22H27N3O4S/c1-24(30(2,28)29)21(17-9-4-3-5-10-17)22(27)23-15-18-11-6-7-12-19(18)16-25-14-8-13-20(25)26/h3-7,9-12,21H,8,13-16H2,1-2H3,(H,23,27)/t21-/m1/s1. The predicted molar refractivity (Wildman–Crippen MR) is 115 cm³/mol. The van der Waals surface area contributed by atoms with E-state index in [2.05, 4.69) is 5.32 Å². The molecule has 1 saturated heterocycles. The Morgan fingerprint density at radius 2 is 1.73 bits per heavy atom. The van der Waals surface area contributed by atoms with Crippen molar-refractivity contribution in [2.75, 3.05) is 19.8 Å². The van der Waals surface area contributed by atoms with Crippen LogP contribution in [0.3, 0.4) is 0 Å². The molecule has 0 bridgehead atoms. The van der Waals surface area contributed by atoms with E-state index in [0.717, 1.165) is 34.7 Å². The maximum atomic E-state index is 13.0. The zero-order valence-corrected chi connectivity index (χ0v) is 18.1. The quantitative estimate of drug-likeness (QED) is 0.696. The number of amides is 2. The topological polar surface area (TPSA) is 86.8 Å². The summed E-state index contributed by atoms with van der Waals surface area (Å²) in [6.07, 6.45) is 2.53. The highest BCUT2D eigenvalue weighted by Gasteiger charge is 2.30. The molecule has 2 aromatic rings. The molecule has 0 aliphatic carbocycles. The van der Waals surface area contributed by atoms with Gasteiger partial charge >= 0.3 is 0 Å². The third-order valence-corrected chi connectivity index (χ3v) is 6.61. The van der Waals surface area contributed by atoms with Crippen LogP contribution in [0.15, 0.2) is 54.6 Å². The fourth-order valence-corrected chi connectivity index (χ4v) is 4.19. The van der Waals surface area contributed by atoms with E-state index in [9.17, 15) is 18.0 Å². The molecular formula is C22H27N3O4S. The lowest BCUT2D eigenvalue weighted by atomic mass is 10.0. The second kappa shape index (κ2) is 9.40. The minimum atomic E-state index is -3.58. The summed E-state index contributed by atoms with van der Waals surface area (Å²) in [6.45, 7) is 1.50. The highest BCUT2D eigenvalue weighted by molar-refractivity contribution is 7.88. The van der Waals surface area contributed by atoms with Crippen molar-refractivity contribution >= 4 is 21.8 Å². The highest BCUT2D eigenvalue weighted by atomic mass is 32.2. The summed E-state index contributed by atoms with van der Waals surface area (Å²) in [5, 5.41) is 2.88. The maximum Gasteiger partial charge on any atom is 0.243 e. The van der Waals surface area contributed by atoms with Crippen molar-refractivity contribution in [3.63, 3.8) is 0 Å². The molecule has 8 heteroatoms. The number of carbonyl (C=O) groups is 2. The van der Waals surface area contributed by atoms with Crippen LogP contribution in [0, 0.1) is 0 Å². The van der Waals surface area contributed by atoms with E-state index in [0.29, 0.717) is 18.5 Å². The predicted octanol–water partition coefficient (Wildman–Crippen LogP) is 2.06. The largest absolute Gasteiger partial charge is 0.350 e. The Morgan fingerprint density at radius 1 is 1.10 bits per heavy atom. The summed E-state index contributed by atoms with van der Waals surface area (Å²) in [7, 11) is -2.18. The van der Waals surface area contributed by atoms with Gasteiger partial charge in [0.15, 0.2) is 0 Å². The average Bonchev–Trinajstić information content (AvgIpc) is 3.12. The molecule has 1 N–H and O–H groups in total. The van der Waals surface area contributed by atoms with Gasteiger partial charge in [0, 0.05) is 33.1 Å². The number of hydrogen-bond acceptors (Lipinski definition) is 4. The van der Waals surface area contributed by atoms with Gasteiger partial charge in [-0.15, -0.1) is 0 Å². The van der Waals surface area contributed by atoms with Gasteiger partial charge in [0.05, 0.1) is 6.26 Å². The summed E-state index contributed by atoms with van der Waals surface area (Å²) in [5.41, 5.74) is 2.47. The third kappa shape index (κ3) is 5.25. The number of rotatable bonds is 8. The Morgan fingerprint density at radius 3 is 2.33 bits per heavy atom. The van der Waals surface area contributed by atoms with Gasteiger partial charge < -0.3 is 10.2 Å².